The number of primary sulfonamides is 1. The average Bonchev–Trinajstić information content (AvgIpc) is 2.96. The summed E-state index contributed by atoms with van der Waals surface area (Å²) in [5, 5.41) is 7.84. The van der Waals surface area contributed by atoms with Gasteiger partial charge in [-0.2, -0.15) is 0 Å². The zero-order valence-corrected chi connectivity index (χ0v) is 12.7. The van der Waals surface area contributed by atoms with E-state index in [0.717, 1.165) is 26.1 Å². The molecule has 0 spiro atoms. The van der Waals surface area contributed by atoms with Gasteiger partial charge in [-0.05, 0) is 63.2 Å². The van der Waals surface area contributed by atoms with Crippen molar-refractivity contribution in [3.63, 3.8) is 0 Å². The predicted octanol–water partition coefficient (Wildman–Crippen LogP) is 0.550. The minimum absolute atomic E-state index is 0.00748. The van der Waals surface area contributed by atoms with E-state index in [1.165, 1.54) is 37.1 Å². The number of likely N-dealkylation sites (tertiary alicyclic amines) is 1. The van der Waals surface area contributed by atoms with Crippen LogP contribution in [-0.2, 0) is 10.0 Å². The molecule has 1 fully saturated rings. The van der Waals surface area contributed by atoms with Crippen LogP contribution in [0, 0.1) is 0 Å². The monoisotopic (exact) mass is 311 g/mol. The fourth-order valence-electron chi connectivity index (χ4n) is 2.41. The number of sulfonamides is 1. The molecule has 0 unspecified atom stereocenters. The van der Waals surface area contributed by atoms with E-state index >= 15 is 0 Å². The van der Waals surface area contributed by atoms with Crippen molar-refractivity contribution in [1.82, 2.24) is 10.2 Å². The summed E-state index contributed by atoms with van der Waals surface area (Å²) < 4.78 is 22.2. The standard InChI is InChI=1S/C14H21N3O3S/c15-21(19,20)13-6-4-12(5-7-13)14(18)16-8-3-11-17-9-1-2-10-17/h4-7H,1-3,8-11H2,(H,16,18)(H2,15,19,20). The second-order valence-corrected chi connectivity index (χ2v) is 6.79. The summed E-state index contributed by atoms with van der Waals surface area (Å²) in [5.41, 5.74) is 0.434. The van der Waals surface area contributed by atoms with Gasteiger partial charge in [0.25, 0.3) is 5.91 Å². The first-order valence-electron chi connectivity index (χ1n) is 7.10. The van der Waals surface area contributed by atoms with Gasteiger partial charge in [-0.3, -0.25) is 4.79 Å². The topological polar surface area (TPSA) is 92.5 Å². The third-order valence-electron chi connectivity index (χ3n) is 3.58. The lowest BCUT2D eigenvalue weighted by molar-refractivity contribution is 0.0952. The predicted molar refractivity (Wildman–Crippen MR) is 80.4 cm³/mol. The Hall–Kier alpha value is -1.44. The van der Waals surface area contributed by atoms with Gasteiger partial charge in [-0.1, -0.05) is 0 Å². The van der Waals surface area contributed by atoms with Gasteiger partial charge >= 0.3 is 0 Å². The highest BCUT2D eigenvalue weighted by Gasteiger charge is 2.12. The fraction of sp³-hybridized carbons (Fsp3) is 0.500. The van der Waals surface area contributed by atoms with Crippen molar-refractivity contribution in [3.05, 3.63) is 29.8 Å². The lowest BCUT2D eigenvalue weighted by Gasteiger charge is -2.14. The smallest absolute Gasteiger partial charge is 0.251 e. The Kier molecular flexibility index (Phi) is 5.33. The normalized spacial score (nSPS) is 16.0. The summed E-state index contributed by atoms with van der Waals surface area (Å²) in [7, 11) is -3.71. The second-order valence-electron chi connectivity index (χ2n) is 5.23. The van der Waals surface area contributed by atoms with Crippen LogP contribution >= 0.6 is 0 Å². The van der Waals surface area contributed by atoms with Crippen LogP contribution in [0.1, 0.15) is 29.6 Å². The van der Waals surface area contributed by atoms with E-state index in [1.807, 2.05) is 0 Å². The van der Waals surface area contributed by atoms with Crippen molar-refractivity contribution in [2.75, 3.05) is 26.2 Å². The lowest BCUT2D eigenvalue weighted by atomic mass is 10.2. The van der Waals surface area contributed by atoms with E-state index in [2.05, 4.69) is 10.2 Å². The van der Waals surface area contributed by atoms with Gasteiger partial charge in [0.15, 0.2) is 0 Å². The van der Waals surface area contributed by atoms with E-state index in [4.69, 9.17) is 5.14 Å². The molecular formula is C14H21N3O3S. The molecule has 1 saturated heterocycles. The van der Waals surface area contributed by atoms with E-state index in [-0.39, 0.29) is 10.8 Å². The quantitative estimate of drug-likeness (QED) is 0.750. The van der Waals surface area contributed by atoms with Crippen molar-refractivity contribution in [3.8, 4) is 0 Å². The summed E-state index contributed by atoms with van der Waals surface area (Å²) in [6.45, 7) is 3.93. The molecule has 0 aliphatic carbocycles. The first-order valence-corrected chi connectivity index (χ1v) is 8.65. The first kappa shape index (κ1) is 15.9. The number of amides is 1. The minimum atomic E-state index is -3.71. The zero-order valence-electron chi connectivity index (χ0n) is 11.9. The number of hydrogen-bond acceptors (Lipinski definition) is 4. The SMILES string of the molecule is NS(=O)(=O)c1ccc(C(=O)NCCCN2CCCC2)cc1. The lowest BCUT2D eigenvalue weighted by Crippen LogP contribution is -2.28. The minimum Gasteiger partial charge on any atom is -0.352 e. The van der Waals surface area contributed by atoms with Crippen LogP contribution in [0.4, 0.5) is 0 Å². The third-order valence-corrected chi connectivity index (χ3v) is 4.51. The van der Waals surface area contributed by atoms with Gasteiger partial charge in [0.2, 0.25) is 10.0 Å². The van der Waals surface area contributed by atoms with Crippen LogP contribution in [0.25, 0.3) is 0 Å². The second kappa shape index (κ2) is 7.02. The zero-order chi connectivity index (χ0) is 15.3. The van der Waals surface area contributed by atoms with Crippen LogP contribution in [-0.4, -0.2) is 45.4 Å². The number of nitrogens with one attached hydrogen (secondary N) is 1. The first-order chi connectivity index (χ1) is 9.97. The van der Waals surface area contributed by atoms with Gasteiger partial charge in [0, 0.05) is 12.1 Å². The molecule has 21 heavy (non-hydrogen) atoms. The summed E-state index contributed by atoms with van der Waals surface area (Å²) in [4.78, 5) is 14.3. The van der Waals surface area contributed by atoms with Gasteiger partial charge in [0.1, 0.15) is 0 Å². The van der Waals surface area contributed by atoms with Crippen LogP contribution < -0.4 is 10.5 Å². The van der Waals surface area contributed by atoms with Gasteiger partial charge in [-0.25, -0.2) is 13.6 Å². The van der Waals surface area contributed by atoms with E-state index in [1.54, 1.807) is 0 Å². The van der Waals surface area contributed by atoms with Crippen molar-refractivity contribution in [1.29, 1.82) is 0 Å². The average molecular weight is 311 g/mol. The molecule has 0 aromatic heterocycles. The molecular weight excluding hydrogens is 290 g/mol. The third kappa shape index (κ3) is 4.80. The molecule has 1 aromatic carbocycles. The van der Waals surface area contributed by atoms with Crippen molar-refractivity contribution in [2.24, 2.45) is 5.14 Å². The Bertz CT molecular complexity index is 578. The largest absolute Gasteiger partial charge is 0.352 e. The Morgan fingerprint density at radius 1 is 1.19 bits per heavy atom. The van der Waals surface area contributed by atoms with Crippen molar-refractivity contribution >= 4 is 15.9 Å². The van der Waals surface area contributed by atoms with Crippen LogP contribution in [0.5, 0.6) is 0 Å². The molecule has 6 nitrogen and oxygen atoms in total. The van der Waals surface area contributed by atoms with E-state index < -0.39 is 10.0 Å². The molecule has 2 rings (SSSR count). The summed E-state index contributed by atoms with van der Waals surface area (Å²) in [6, 6.07) is 5.62. The Labute approximate surface area is 125 Å². The van der Waals surface area contributed by atoms with Gasteiger partial charge in [0.05, 0.1) is 4.90 Å². The molecule has 1 aromatic rings. The Morgan fingerprint density at radius 3 is 2.38 bits per heavy atom. The molecule has 1 heterocycles. The van der Waals surface area contributed by atoms with Gasteiger partial charge < -0.3 is 10.2 Å². The maximum Gasteiger partial charge on any atom is 0.251 e. The fourth-order valence-corrected chi connectivity index (χ4v) is 2.92. The van der Waals surface area contributed by atoms with Crippen LogP contribution in [0.15, 0.2) is 29.2 Å². The maximum absolute atomic E-state index is 11.9. The Morgan fingerprint density at radius 2 is 1.81 bits per heavy atom. The number of hydrogen-bond donors (Lipinski definition) is 2. The number of carbonyl (C=O) groups is 1. The summed E-state index contributed by atoms with van der Waals surface area (Å²) in [5.74, 6) is -0.197. The highest BCUT2D eigenvalue weighted by Crippen LogP contribution is 2.09. The number of rotatable bonds is 6. The van der Waals surface area contributed by atoms with Gasteiger partial charge in [-0.15, -0.1) is 0 Å². The molecule has 0 saturated carbocycles. The molecule has 1 amide bonds. The summed E-state index contributed by atoms with van der Waals surface area (Å²) in [6.07, 6.45) is 3.45. The molecule has 0 atom stereocenters. The number of nitrogens with two attached hydrogens (primary N) is 1. The molecule has 0 bridgehead atoms. The molecule has 3 N–H and O–H groups in total. The number of carbonyl (C=O) groups excluding carboxylic acids is 1. The molecule has 0 radical (unpaired) electrons. The molecule has 1 aliphatic rings. The molecule has 7 heteroatoms. The highest BCUT2D eigenvalue weighted by atomic mass is 32.2. The van der Waals surface area contributed by atoms with E-state index in [0.29, 0.717) is 12.1 Å². The number of benzene rings is 1. The highest BCUT2D eigenvalue weighted by molar-refractivity contribution is 7.89. The van der Waals surface area contributed by atoms with Crippen molar-refractivity contribution < 1.29 is 13.2 Å². The van der Waals surface area contributed by atoms with Crippen LogP contribution in [0.2, 0.25) is 0 Å². The maximum atomic E-state index is 11.9. The molecule has 116 valence electrons. The van der Waals surface area contributed by atoms with Crippen LogP contribution in [0.3, 0.4) is 0 Å². The summed E-state index contributed by atoms with van der Waals surface area (Å²) >= 11 is 0. The van der Waals surface area contributed by atoms with Crippen molar-refractivity contribution in [2.45, 2.75) is 24.2 Å². The molecule has 1 aliphatic heterocycles. The van der Waals surface area contributed by atoms with E-state index in [9.17, 15) is 13.2 Å². The number of nitrogens with zero attached hydrogens (tertiary/aromatic N) is 1. The Balaban J connectivity index is 1.77.